The Kier molecular flexibility index (Phi) is 5.89. The Morgan fingerprint density at radius 3 is 2.47 bits per heavy atom. The van der Waals surface area contributed by atoms with E-state index >= 15 is 0 Å². The van der Waals surface area contributed by atoms with Gasteiger partial charge < -0.3 is 19.5 Å². The monoisotopic (exact) mass is 403 g/mol. The van der Waals surface area contributed by atoms with E-state index in [4.69, 9.17) is 14.2 Å². The third-order valence-corrected chi connectivity index (χ3v) is 5.43. The van der Waals surface area contributed by atoms with Gasteiger partial charge in [-0.15, -0.1) is 0 Å². The van der Waals surface area contributed by atoms with Crippen LogP contribution < -0.4 is 19.5 Å². The predicted octanol–water partition coefficient (Wildman–Crippen LogP) is 4.95. The van der Waals surface area contributed by atoms with E-state index in [2.05, 4.69) is 11.4 Å². The number of anilines is 1. The number of nitrogens with one attached hydrogen (secondary N) is 1. The Morgan fingerprint density at radius 2 is 1.70 bits per heavy atom. The Hall–Kier alpha value is -3.47. The number of carbonyl (C=O) groups excluding carboxylic acids is 1. The number of carbonyl (C=O) groups is 1. The highest BCUT2D eigenvalue weighted by atomic mass is 16.5. The molecule has 0 saturated carbocycles. The molecule has 0 fully saturated rings. The smallest absolute Gasteiger partial charge is 0.232 e. The SMILES string of the molecule is COc1ccc(NC(=O)C2CCc3ccccc32)c(OC)c1OCc1ccccc1. The molecule has 30 heavy (non-hydrogen) atoms. The van der Waals surface area contributed by atoms with Crippen LogP contribution in [0, 0.1) is 0 Å². The molecule has 0 aliphatic heterocycles. The molecule has 154 valence electrons. The molecule has 3 aromatic carbocycles. The second kappa shape index (κ2) is 8.91. The fraction of sp³-hybridized carbons (Fsp3) is 0.240. The van der Waals surface area contributed by atoms with Crippen molar-refractivity contribution >= 4 is 11.6 Å². The molecule has 0 radical (unpaired) electrons. The number of hydrogen-bond acceptors (Lipinski definition) is 4. The third kappa shape index (κ3) is 3.96. The Labute approximate surface area is 176 Å². The quantitative estimate of drug-likeness (QED) is 0.606. The van der Waals surface area contributed by atoms with E-state index in [9.17, 15) is 4.79 Å². The Morgan fingerprint density at radius 1 is 0.933 bits per heavy atom. The van der Waals surface area contributed by atoms with Gasteiger partial charge in [0.2, 0.25) is 11.7 Å². The number of benzene rings is 3. The molecule has 1 aliphatic rings. The third-order valence-electron chi connectivity index (χ3n) is 5.43. The van der Waals surface area contributed by atoms with Crippen LogP contribution in [0.25, 0.3) is 0 Å². The molecule has 5 nitrogen and oxygen atoms in total. The molecule has 0 saturated heterocycles. The van der Waals surface area contributed by atoms with Crippen molar-refractivity contribution < 1.29 is 19.0 Å². The lowest BCUT2D eigenvalue weighted by atomic mass is 10.0. The summed E-state index contributed by atoms with van der Waals surface area (Å²) in [4.78, 5) is 13.1. The zero-order chi connectivity index (χ0) is 20.9. The molecule has 0 spiro atoms. The standard InChI is InChI=1S/C25H25NO4/c1-28-22-15-14-21(23(29-2)24(22)30-16-17-8-4-3-5-9-17)26-25(27)20-13-12-18-10-6-7-11-19(18)20/h3-11,14-15,20H,12-13,16H2,1-2H3,(H,26,27). The van der Waals surface area contributed by atoms with Gasteiger partial charge in [0, 0.05) is 0 Å². The first-order chi connectivity index (χ1) is 14.7. The average Bonchev–Trinajstić information content (AvgIpc) is 3.22. The van der Waals surface area contributed by atoms with Crippen molar-refractivity contribution in [3.05, 3.63) is 83.4 Å². The summed E-state index contributed by atoms with van der Waals surface area (Å²) in [6.07, 6.45) is 1.72. The van der Waals surface area contributed by atoms with E-state index in [-0.39, 0.29) is 11.8 Å². The molecule has 1 amide bonds. The number of fused-ring (bicyclic) bond motifs is 1. The molecule has 3 aromatic rings. The van der Waals surface area contributed by atoms with Gasteiger partial charge in [-0.1, -0.05) is 54.6 Å². The second-order valence-corrected chi connectivity index (χ2v) is 7.23. The highest BCUT2D eigenvalue weighted by Crippen LogP contribution is 2.44. The van der Waals surface area contributed by atoms with Crippen LogP contribution in [0.5, 0.6) is 17.2 Å². The van der Waals surface area contributed by atoms with E-state index in [0.717, 1.165) is 24.0 Å². The van der Waals surface area contributed by atoms with Gasteiger partial charge in [0.15, 0.2) is 11.5 Å². The van der Waals surface area contributed by atoms with Gasteiger partial charge in [-0.05, 0) is 41.7 Å². The molecule has 1 atom stereocenters. The van der Waals surface area contributed by atoms with Crippen LogP contribution in [-0.4, -0.2) is 20.1 Å². The summed E-state index contributed by atoms with van der Waals surface area (Å²) in [5, 5.41) is 3.03. The fourth-order valence-electron chi connectivity index (χ4n) is 3.92. The van der Waals surface area contributed by atoms with E-state index in [1.165, 1.54) is 5.56 Å². The van der Waals surface area contributed by atoms with Crippen LogP contribution in [-0.2, 0) is 17.8 Å². The zero-order valence-corrected chi connectivity index (χ0v) is 17.2. The topological polar surface area (TPSA) is 56.8 Å². The lowest BCUT2D eigenvalue weighted by Gasteiger charge is -2.19. The van der Waals surface area contributed by atoms with Crippen molar-refractivity contribution in [2.75, 3.05) is 19.5 Å². The second-order valence-electron chi connectivity index (χ2n) is 7.23. The maximum absolute atomic E-state index is 13.1. The molecule has 1 unspecified atom stereocenters. The maximum Gasteiger partial charge on any atom is 0.232 e. The van der Waals surface area contributed by atoms with Gasteiger partial charge in [0.05, 0.1) is 25.8 Å². The number of aryl methyl sites for hydroxylation is 1. The lowest BCUT2D eigenvalue weighted by molar-refractivity contribution is -0.117. The first-order valence-electron chi connectivity index (χ1n) is 10.0. The fourth-order valence-corrected chi connectivity index (χ4v) is 3.92. The summed E-state index contributed by atoms with van der Waals surface area (Å²) < 4.78 is 17.1. The van der Waals surface area contributed by atoms with Crippen molar-refractivity contribution in [1.82, 2.24) is 0 Å². The van der Waals surface area contributed by atoms with Crippen molar-refractivity contribution in [1.29, 1.82) is 0 Å². The van der Waals surface area contributed by atoms with Gasteiger partial charge in [-0.3, -0.25) is 4.79 Å². The first kappa shape index (κ1) is 19.8. The van der Waals surface area contributed by atoms with E-state index < -0.39 is 0 Å². The zero-order valence-electron chi connectivity index (χ0n) is 17.2. The minimum absolute atomic E-state index is 0.0440. The van der Waals surface area contributed by atoms with E-state index in [1.807, 2.05) is 48.5 Å². The van der Waals surface area contributed by atoms with E-state index in [1.54, 1.807) is 26.4 Å². The summed E-state index contributed by atoms with van der Waals surface area (Å²) in [5.74, 6) is 1.25. The molecule has 1 aliphatic carbocycles. The molecule has 1 N–H and O–H groups in total. The summed E-state index contributed by atoms with van der Waals surface area (Å²) in [6, 6.07) is 21.5. The average molecular weight is 403 g/mol. The summed E-state index contributed by atoms with van der Waals surface area (Å²) in [5.41, 5.74) is 3.93. The van der Waals surface area contributed by atoms with Crippen molar-refractivity contribution in [3.8, 4) is 17.2 Å². The Bertz CT molecular complexity index is 1030. The van der Waals surface area contributed by atoms with Crippen LogP contribution >= 0.6 is 0 Å². The molecule has 0 bridgehead atoms. The lowest BCUT2D eigenvalue weighted by Crippen LogP contribution is -2.20. The largest absolute Gasteiger partial charge is 0.493 e. The first-order valence-corrected chi connectivity index (χ1v) is 10.0. The summed E-state index contributed by atoms with van der Waals surface area (Å²) in [6.45, 7) is 0.362. The van der Waals surface area contributed by atoms with Crippen LogP contribution in [0.15, 0.2) is 66.7 Å². The van der Waals surface area contributed by atoms with Crippen molar-refractivity contribution in [3.63, 3.8) is 0 Å². The van der Waals surface area contributed by atoms with Crippen LogP contribution in [0.3, 0.4) is 0 Å². The summed E-state index contributed by atoms with van der Waals surface area (Å²) >= 11 is 0. The molecule has 0 aromatic heterocycles. The molecule has 5 heteroatoms. The summed E-state index contributed by atoms with van der Waals surface area (Å²) in [7, 11) is 3.14. The van der Waals surface area contributed by atoms with Crippen molar-refractivity contribution in [2.24, 2.45) is 0 Å². The van der Waals surface area contributed by atoms with Crippen molar-refractivity contribution in [2.45, 2.75) is 25.4 Å². The number of hydrogen-bond donors (Lipinski definition) is 1. The minimum Gasteiger partial charge on any atom is -0.493 e. The molecular weight excluding hydrogens is 378 g/mol. The highest BCUT2D eigenvalue weighted by molar-refractivity contribution is 5.98. The molecule has 4 rings (SSSR count). The van der Waals surface area contributed by atoms with Crippen LogP contribution in [0.2, 0.25) is 0 Å². The van der Waals surface area contributed by atoms with Gasteiger partial charge in [0.1, 0.15) is 6.61 Å². The number of amides is 1. The number of rotatable bonds is 7. The Balaban J connectivity index is 1.58. The van der Waals surface area contributed by atoms with Gasteiger partial charge in [-0.25, -0.2) is 0 Å². The predicted molar refractivity (Wildman–Crippen MR) is 116 cm³/mol. The van der Waals surface area contributed by atoms with Gasteiger partial charge in [-0.2, -0.15) is 0 Å². The number of methoxy groups -OCH3 is 2. The van der Waals surface area contributed by atoms with Crippen LogP contribution in [0.1, 0.15) is 29.0 Å². The number of ether oxygens (including phenoxy) is 3. The normalized spacial score (nSPS) is 14.7. The molecule has 0 heterocycles. The molecular formula is C25H25NO4. The minimum atomic E-state index is -0.165. The maximum atomic E-state index is 13.1. The van der Waals surface area contributed by atoms with Crippen LogP contribution in [0.4, 0.5) is 5.69 Å². The van der Waals surface area contributed by atoms with E-state index in [0.29, 0.717) is 29.5 Å². The van der Waals surface area contributed by atoms with Gasteiger partial charge >= 0.3 is 0 Å². The van der Waals surface area contributed by atoms with Gasteiger partial charge in [0.25, 0.3) is 0 Å². The highest BCUT2D eigenvalue weighted by Gasteiger charge is 2.29.